The molecule has 3 fully saturated rings. The number of hydrogen-bond donors (Lipinski definition) is 1. The van der Waals surface area contributed by atoms with Crippen molar-refractivity contribution in [1.29, 1.82) is 0 Å². The van der Waals surface area contributed by atoms with Crippen LogP contribution in [-0.4, -0.2) is 131 Å². The number of carbonyl (C=O) groups is 3. The summed E-state index contributed by atoms with van der Waals surface area (Å²) in [4.78, 5) is 48.1. The Morgan fingerprint density at radius 1 is 0.737 bits per heavy atom. The molecule has 3 aliphatic heterocycles. The third-order valence-electron chi connectivity index (χ3n) is 11.7. The molecule has 1 atom stereocenters. The number of hydrogen-bond acceptors (Lipinski definition) is 9. The summed E-state index contributed by atoms with van der Waals surface area (Å²) >= 11 is 13.0. The predicted octanol–water partition coefficient (Wildman–Crippen LogP) is 6.50. The number of esters is 1. The molecule has 0 aliphatic carbocycles. The lowest BCUT2D eigenvalue weighted by Crippen LogP contribution is -2.59. The minimum atomic E-state index is -0.518. The molecule has 0 spiro atoms. The summed E-state index contributed by atoms with van der Waals surface area (Å²) in [5, 5.41) is 4.44. The summed E-state index contributed by atoms with van der Waals surface area (Å²) in [5.74, 6) is 0.921. The van der Waals surface area contributed by atoms with Gasteiger partial charge in [-0.15, -0.1) is 12.4 Å². The number of methoxy groups -OCH3 is 3. The molecule has 15 heteroatoms. The van der Waals surface area contributed by atoms with Gasteiger partial charge in [-0.2, -0.15) is 0 Å². The fraction of sp³-hybridized carbons (Fsp3) is 0.500. The molecular weight excluding hydrogens is 793 g/mol. The van der Waals surface area contributed by atoms with Crippen molar-refractivity contribution in [3.05, 3.63) is 87.4 Å². The maximum absolute atomic E-state index is 14.1. The Hall–Kier alpha value is -3.94. The van der Waals surface area contributed by atoms with E-state index in [0.29, 0.717) is 78.7 Å². The molecular formula is C42H54Cl3N5O7. The Morgan fingerprint density at radius 2 is 1.40 bits per heavy atom. The monoisotopic (exact) mass is 845 g/mol. The molecule has 0 aromatic heterocycles. The van der Waals surface area contributed by atoms with Crippen molar-refractivity contribution < 1.29 is 33.3 Å². The number of piperazine rings is 1. The van der Waals surface area contributed by atoms with Gasteiger partial charge in [-0.3, -0.25) is 14.5 Å². The predicted molar refractivity (Wildman–Crippen MR) is 224 cm³/mol. The van der Waals surface area contributed by atoms with Crippen LogP contribution >= 0.6 is 35.6 Å². The number of halogens is 3. The molecule has 1 N–H and O–H groups in total. The van der Waals surface area contributed by atoms with E-state index >= 15 is 0 Å². The fourth-order valence-corrected chi connectivity index (χ4v) is 8.70. The summed E-state index contributed by atoms with van der Waals surface area (Å²) < 4.78 is 21.7. The zero-order valence-corrected chi connectivity index (χ0v) is 35.5. The van der Waals surface area contributed by atoms with Crippen LogP contribution in [0.15, 0.2) is 60.7 Å². The molecule has 3 aliphatic rings. The molecule has 0 saturated carbocycles. The van der Waals surface area contributed by atoms with Crippen LogP contribution in [0.2, 0.25) is 10.0 Å². The average Bonchev–Trinajstić information content (AvgIpc) is 3.67. The van der Waals surface area contributed by atoms with E-state index in [1.807, 2.05) is 51.1 Å². The van der Waals surface area contributed by atoms with Crippen molar-refractivity contribution >= 4 is 53.5 Å². The average molecular weight is 847 g/mol. The van der Waals surface area contributed by atoms with Crippen LogP contribution in [0.1, 0.15) is 54.1 Å². The maximum atomic E-state index is 14.1. The van der Waals surface area contributed by atoms with E-state index in [1.165, 1.54) is 21.3 Å². The molecule has 3 saturated heterocycles. The Balaban J connectivity index is 0.00000620. The van der Waals surface area contributed by atoms with Crippen molar-refractivity contribution in [3.63, 3.8) is 0 Å². The van der Waals surface area contributed by atoms with Crippen LogP contribution < -0.4 is 19.5 Å². The lowest BCUT2D eigenvalue weighted by molar-refractivity contribution is -0.144. The zero-order valence-electron chi connectivity index (χ0n) is 33.2. The second-order valence-corrected chi connectivity index (χ2v) is 15.7. The van der Waals surface area contributed by atoms with Crippen molar-refractivity contribution in [3.8, 4) is 17.2 Å². The van der Waals surface area contributed by atoms with Gasteiger partial charge in [0.25, 0.3) is 5.91 Å². The largest absolute Gasteiger partial charge is 0.493 e. The van der Waals surface area contributed by atoms with Crippen LogP contribution in [-0.2, 0) is 20.5 Å². The molecule has 3 amide bonds. The third kappa shape index (κ3) is 10.0. The molecule has 0 radical (unpaired) electrons. The van der Waals surface area contributed by atoms with Crippen LogP contribution in [0.25, 0.3) is 0 Å². The van der Waals surface area contributed by atoms with Gasteiger partial charge in [-0.05, 0) is 74.5 Å². The first-order valence-corrected chi connectivity index (χ1v) is 20.1. The first-order chi connectivity index (χ1) is 27.0. The highest BCUT2D eigenvalue weighted by Crippen LogP contribution is 2.43. The topological polar surface area (TPSA) is 113 Å². The quantitative estimate of drug-likeness (QED) is 0.193. The first-order valence-electron chi connectivity index (χ1n) is 19.3. The number of urea groups is 1. The number of likely N-dealkylation sites (tertiary alicyclic amines) is 2. The van der Waals surface area contributed by atoms with E-state index in [4.69, 9.17) is 42.1 Å². The van der Waals surface area contributed by atoms with Gasteiger partial charge in [0, 0.05) is 63.3 Å². The zero-order chi connectivity index (χ0) is 39.9. The van der Waals surface area contributed by atoms with Crippen LogP contribution in [0.5, 0.6) is 17.2 Å². The van der Waals surface area contributed by atoms with Crippen LogP contribution in [0.4, 0.5) is 4.79 Å². The minimum Gasteiger partial charge on any atom is -0.493 e. The van der Waals surface area contributed by atoms with Gasteiger partial charge >= 0.3 is 12.0 Å². The number of rotatable bonds is 13. The lowest BCUT2D eigenvalue weighted by Gasteiger charge is -2.45. The molecule has 3 heterocycles. The molecule has 3 aromatic carbocycles. The highest BCUT2D eigenvalue weighted by Gasteiger charge is 2.44. The van der Waals surface area contributed by atoms with Crippen LogP contribution in [0.3, 0.4) is 0 Å². The minimum absolute atomic E-state index is 0. The van der Waals surface area contributed by atoms with Gasteiger partial charge in [0.1, 0.15) is 0 Å². The van der Waals surface area contributed by atoms with E-state index in [0.717, 1.165) is 56.4 Å². The van der Waals surface area contributed by atoms with E-state index in [2.05, 4.69) is 22.3 Å². The number of nitrogens with one attached hydrogen (secondary N) is 1. The van der Waals surface area contributed by atoms with Crippen LogP contribution in [0, 0.1) is 0 Å². The van der Waals surface area contributed by atoms with E-state index in [-0.39, 0.29) is 42.3 Å². The third-order valence-corrected chi connectivity index (χ3v) is 12.4. The lowest BCUT2D eigenvalue weighted by atomic mass is 9.76. The highest BCUT2D eigenvalue weighted by atomic mass is 35.5. The summed E-state index contributed by atoms with van der Waals surface area (Å²) in [7, 11) is 4.61. The standard InChI is InChI=1S/C42H53Cl2N5O7.ClH/c1-5-56-37(50)28-47-21-23-48(24-22-47)40(52)45-42(31-9-7-6-8-10-31)15-18-46(19-16-42)17-13-41(32-11-12-33(43)34(44)27-32)14-20-49(29-41)39(51)30-25-35(53-2)38(55-4)36(26-30)54-3;/h6-12,25-27H,5,13-24,28-29H2,1-4H3,(H,45,52);1H/t41-;/m1./s1. The summed E-state index contributed by atoms with van der Waals surface area (Å²) in [6.45, 7) is 8.15. The number of amides is 3. The van der Waals surface area contributed by atoms with E-state index in [9.17, 15) is 14.4 Å². The number of carbonyl (C=O) groups excluding carboxylic acids is 3. The normalized spacial score (nSPS) is 19.7. The second-order valence-electron chi connectivity index (χ2n) is 14.8. The molecule has 12 nitrogen and oxygen atoms in total. The smallest absolute Gasteiger partial charge is 0.320 e. The Kier molecular flexibility index (Phi) is 15.2. The fourth-order valence-electron chi connectivity index (χ4n) is 8.40. The number of ether oxygens (including phenoxy) is 4. The van der Waals surface area contributed by atoms with Crippen molar-refractivity contribution in [2.45, 2.75) is 43.6 Å². The van der Waals surface area contributed by atoms with Crippen molar-refractivity contribution in [2.24, 2.45) is 0 Å². The SMILES string of the molecule is CCOC(=O)CN1CCN(C(=O)NC2(c3ccccc3)CCN(CC[C@@]3(c4ccc(Cl)c(Cl)c4)CCN(C(=O)c4cc(OC)c(OC)c(OC)c4)C3)CC2)CC1.Cl. The summed E-state index contributed by atoms with van der Waals surface area (Å²) in [5.41, 5.74) is 1.73. The van der Waals surface area contributed by atoms with Crippen molar-refractivity contribution in [1.82, 2.24) is 24.9 Å². The molecule has 0 bridgehead atoms. The summed E-state index contributed by atoms with van der Waals surface area (Å²) in [6.07, 6.45) is 3.05. The number of benzene rings is 3. The first kappa shape index (κ1) is 44.2. The highest BCUT2D eigenvalue weighted by molar-refractivity contribution is 6.42. The van der Waals surface area contributed by atoms with Gasteiger partial charge < -0.3 is 39.0 Å². The molecule has 3 aromatic rings. The molecule has 0 unspecified atom stereocenters. The number of nitrogens with zero attached hydrogens (tertiary/aromatic N) is 4. The van der Waals surface area contributed by atoms with Gasteiger partial charge in [-0.1, -0.05) is 59.6 Å². The Labute approximate surface area is 352 Å². The maximum Gasteiger partial charge on any atom is 0.320 e. The molecule has 57 heavy (non-hydrogen) atoms. The Morgan fingerprint density at radius 3 is 2.00 bits per heavy atom. The van der Waals surface area contributed by atoms with Gasteiger partial charge in [0.15, 0.2) is 11.5 Å². The van der Waals surface area contributed by atoms with Gasteiger partial charge in [-0.25, -0.2) is 4.79 Å². The molecule has 310 valence electrons. The van der Waals surface area contributed by atoms with Crippen molar-refractivity contribution in [2.75, 3.05) is 93.4 Å². The van der Waals surface area contributed by atoms with E-state index < -0.39 is 5.54 Å². The Bertz CT molecular complexity index is 1830. The van der Waals surface area contributed by atoms with Gasteiger partial charge in [0.2, 0.25) is 5.75 Å². The molecule has 6 rings (SSSR count). The second kappa shape index (κ2) is 19.7. The van der Waals surface area contributed by atoms with E-state index in [1.54, 1.807) is 19.1 Å². The number of piperidine rings is 1. The van der Waals surface area contributed by atoms with Gasteiger partial charge in [0.05, 0.1) is 50.1 Å². The summed E-state index contributed by atoms with van der Waals surface area (Å²) in [6, 6.07) is 19.4.